The summed E-state index contributed by atoms with van der Waals surface area (Å²) < 4.78 is 15.9. The van der Waals surface area contributed by atoms with Gasteiger partial charge in [0.1, 0.15) is 17.2 Å². The molecule has 1 N–H and O–H groups in total. The van der Waals surface area contributed by atoms with Crippen molar-refractivity contribution in [1.82, 2.24) is 0 Å². The van der Waals surface area contributed by atoms with Crippen LogP contribution >= 0.6 is 0 Å². The number of quaternary nitrogens is 1. The maximum absolute atomic E-state index is 13.2. The summed E-state index contributed by atoms with van der Waals surface area (Å²) in [6.45, 7) is 3.24. The fourth-order valence-electron chi connectivity index (χ4n) is 4.37. The molecule has 2 saturated heterocycles. The minimum atomic E-state index is -0.364. The van der Waals surface area contributed by atoms with E-state index in [1.54, 1.807) is 32.4 Å². The maximum Gasteiger partial charge on any atom is 0.292 e. The monoisotopic (exact) mass is 426 g/mol. The van der Waals surface area contributed by atoms with Gasteiger partial charge in [-0.15, -0.1) is 0 Å². The number of nitrogens with one attached hydrogen (secondary N) is 1. The summed E-state index contributed by atoms with van der Waals surface area (Å²) in [6.07, 6.45) is 0.214. The molecule has 1 atom stereocenters. The van der Waals surface area contributed by atoms with Gasteiger partial charge in [0.2, 0.25) is 5.91 Å². The van der Waals surface area contributed by atoms with Crippen molar-refractivity contribution in [3.05, 3.63) is 42.5 Å². The molecule has 164 valence electrons. The topological polar surface area (TPSA) is 72.8 Å². The zero-order valence-corrected chi connectivity index (χ0v) is 18.1. The molecule has 2 amide bonds. The molecular formula is C23H28N3O5+. The second-order valence-electron chi connectivity index (χ2n) is 7.71. The van der Waals surface area contributed by atoms with E-state index in [4.69, 9.17) is 14.2 Å². The van der Waals surface area contributed by atoms with E-state index in [0.717, 1.165) is 42.5 Å². The van der Waals surface area contributed by atoms with Crippen LogP contribution in [-0.2, 0) is 9.59 Å². The van der Waals surface area contributed by atoms with E-state index in [0.29, 0.717) is 17.2 Å². The fourth-order valence-corrected chi connectivity index (χ4v) is 4.37. The van der Waals surface area contributed by atoms with Gasteiger partial charge in [0.15, 0.2) is 6.04 Å². The summed E-state index contributed by atoms with van der Waals surface area (Å²) in [5, 5.41) is 0. The number of nitrogens with zero attached hydrogens (tertiary/aromatic N) is 2. The smallest absolute Gasteiger partial charge is 0.292 e. The van der Waals surface area contributed by atoms with Crippen molar-refractivity contribution in [2.45, 2.75) is 12.5 Å². The highest BCUT2D eigenvalue weighted by molar-refractivity contribution is 6.22. The normalized spacial score (nSPS) is 19.6. The van der Waals surface area contributed by atoms with Gasteiger partial charge in [-0.3, -0.25) is 9.59 Å². The molecule has 2 aromatic carbocycles. The Morgan fingerprint density at radius 1 is 0.871 bits per heavy atom. The lowest BCUT2D eigenvalue weighted by molar-refractivity contribution is -0.915. The lowest BCUT2D eigenvalue weighted by Gasteiger charge is -2.35. The summed E-state index contributed by atoms with van der Waals surface area (Å²) in [5.41, 5.74) is 1.61. The number of hydrogen-bond acceptors (Lipinski definition) is 6. The number of methoxy groups -OCH3 is 3. The molecular weight excluding hydrogens is 398 g/mol. The third kappa shape index (κ3) is 4.03. The van der Waals surface area contributed by atoms with E-state index >= 15 is 0 Å². The van der Waals surface area contributed by atoms with Gasteiger partial charge in [-0.1, -0.05) is 0 Å². The van der Waals surface area contributed by atoms with Crippen molar-refractivity contribution in [3.63, 3.8) is 0 Å². The predicted molar refractivity (Wildman–Crippen MR) is 116 cm³/mol. The van der Waals surface area contributed by atoms with Crippen molar-refractivity contribution in [2.24, 2.45) is 0 Å². The zero-order valence-electron chi connectivity index (χ0n) is 18.1. The number of benzene rings is 2. The van der Waals surface area contributed by atoms with Crippen molar-refractivity contribution >= 4 is 23.2 Å². The molecule has 0 unspecified atom stereocenters. The third-order valence-corrected chi connectivity index (χ3v) is 6.11. The quantitative estimate of drug-likeness (QED) is 0.688. The standard InChI is InChI=1S/C23H27N3O5/c1-29-17-6-4-16(5-7-17)24-10-12-25(13-11-24)20-15-22(27)26(23(20)28)19-9-8-18(30-2)14-21(19)31-3/h4-9,14,20H,10-13,15H2,1-3H3/p+1/t20-/m1/s1. The number of imide groups is 1. The first-order valence-electron chi connectivity index (χ1n) is 10.4. The molecule has 2 aromatic rings. The number of hydrogen-bond donors (Lipinski definition) is 1. The summed E-state index contributed by atoms with van der Waals surface area (Å²) in [7, 11) is 4.73. The van der Waals surface area contributed by atoms with Gasteiger partial charge in [-0.2, -0.15) is 0 Å². The molecule has 31 heavy (non-hydrogen) atoms. The van der Waals surface area contributed by atoms with Crippen molar-refractivity contribution in [2.75, 3.05) is 57.3 Å². The van der Waals surface area contributed by atoms with Gasteiger partial charge in [0.05, 0.1) is 59.6 Å². The summed E-state index contributed by atoms with van der Waals surface area (Å²) in [4.78, 5) is 30.7. The molecule has 0 aromatic heterocycles. The Morgan fingerprint density at radius 3 is 2.13 bits per heavy atom. The number of carbonyl (C=O) groups excluding carboxylic acids is 2. The average Bonchev–Trinajstić information content (AvgIpc) is 3.12. The van der Waals surface area contributed by atoms with Crippen LogP contribution < -0.4 is 28.9 Å². The molecule has 4 rings (SSSR count). The Balaban J connectivity index is 1.45. The Bertz CT molecular complexity index is 954. The minimum absolute atomic E-state index is 0.165. The minimum Gasteiger partial charge on any atom is -0.497 e. The highest BCUT2D eigenvalue weighted by atomic mass is 16.5. The molecule has 2 fully saturated rings. The van der Waals surface area contributed by atoms with E-state index in [1.807, 2.05) is 24.3 Å². The Hall–Kier alpha value is -3.26. The van der Waals surface area contributed by atoms with Gasteiger partial charge in [-0.25, -0.2) is 4.90 Å². The number of ether oxygens (including phenoxy) is 3. The van der Waals surface area contributed by atoms with Crippen molar-refractivity contribution in [3.8, 4) is 17.2 Å². The number of piperazine rings is 1. The molecule has 8 heteroatoms. The Morgan fingerprint density at radius 2 is 1.52 bits per heavy atom. The van der Waals surface area contributed by atoms with E-state index in [-0.39, 0.29) is 24.3 Å². The predicted octanol–water partition coefficient (Wildman–Crippen LogP) is 0.749. The van der Waals surface area contributed by atoms with Crippen molar-refractivity contribution < 1.29 is 28.7 Å². The zero-order chi connectivity index (χ0) is 22.0. The number of rotatable bonds is 6. The van der Waals surface area contributed by atoms with E-state index < -0.39 is 0 Å². The van der Waals surface area contributed by atoms with Crippen LogP contribution in [0, 0.1) is 0 Å². The highest BCUT2D eigenvalue weighted by Gasteiger charge is 2.47. The van der Waals surface area contributed by atoms with Crippen LogP contribution in [0.15, 0.2) is 42.5 Å². The van der Waals surface area contributed by atoms with E-state index in [2.05, 4.69) is 4.90 Å². The van der Waals surface area contributed by atoms with Gasteiger partial charge < -0.3 is 24.0 Å². The first-order chi connectivity index (χ1) is 15.0. The molecule has 2 heterocycles. The maximum atomic E-state index is 13.2. The molecule has 2 aliphatic rings. The molecule has 0 bridgehead atoms. The molecule has 0 radical (unpaired) electrons. The first-order valence-corrected chi connectivity index (χ1v) is 10.4. The van der Waals surface area contributed by atoms with Crippen LogP contribution in [0.25, 0.3) is 0 Å². The van der Waals surface area contributed by atoms with Gasteiger partial charge in [0.25, 0.3) is 5.91 Å². The molecule has 0 spiro atoms. The highest BCUT2D eigenvalue weighted by Crippen LogP contribution is 2.34. The SMILES string of the molecule is COc1ccc(N2CC[NH+]([C@@H]3CC(=O)N(c4ccc(OC)cc4OC)C3=O)CC2)cc1. The lowest BCUT2D eigenvalue weighted by Crippen LogP contribution is -3.19. The summed E-state index contributed by atoms with van der Waals surface area (Å²) >= 11 is 0. The van der Waals surface area contributed by atoms with Crippen LogP contribution in [0.5, 0.6) is 17.2 Å². The average molecular weight is 426 g/mol. The Kier molecular flexibility index (Phi) is 5.99. The molecule has 8 nitrogen and oxygen atoms in total. The second-order valence-corrected chi connectivity index (χ2v) is 7.71. The van der Waals surface area contributed by atoms with E-state index in [9.17, 15) is 9.59 Å². The van der Waals surface area contributed by atoms with Crippen LogP contribution in [0.3, 0.4) is 0 Å². The Labute approximate surface area is 181 Å². The second kappa shape index (κ2) is 8.85. The van der Waals surface area contributed by atoms with E-state index in [1.165, 1.54) is 12.0 Å². The van der Waals surface area contributed by atoms with Gasteiger partial charge >= 0.3 is 0 Å². The third-order valence-electron chi connectivity index (χ3n) is 6.11. The van der Waals surface area contributed by atoms with Crippen LogP contribution in [0.1, 0.15) is 6.42 Å². The van der Waals surface area contributed by atoms with Crippen LogP contribution in [-0.4, -0.2) is 65.4 Å². The number of amides is 2. The van der Waals surface area contributed by atoms with Crippen molar-refractivity contribution in [1.29, 1.82) is 0 Å². The fraction of sp³-hybridized carbons (Fsp3) is 0.391. The number of carbonyl (C=O) groups is 2. The lowest BCUT2D eigenvalue weighted by atomic mass is 10.1. The molecule has 0 aliphatic carbocycles. The largest absolute Gasteiger partial charge is 0.497 e. The number of anilines is 2. The summed E-state index contributed by atoms with van der Waals surface area (Å²) in [6, 6.07) is 12.7. The van der Waals surface area contributed by atoms with Crippen LogP contribution in [0.2, 0.25) is 0 Å². The molecule has 2 aliphatic heterocycles. The first kappa shape index (κ1) is 21.0. The van der Waals surface area contributed by atoms with Gasteiger partial charge in [-0.05, 0) is 36.4 Å². The summed E-state index contributed by atoms with van der Waals surface area (Å²) in [5.74, 6) is 1.53. The van der Waals surface area contributed by atoms with Gasteiger partial charge in [0, 0.05) is 11.8 Å². The molecule has 0 saturated carbocycles. The van der Waals surface area contributed by atoms with Crippen LogP contribution in [0.4, 0.5) is 11.4 Å².